The molecule has 2 heterocycles. The van der Waals surface area contributed by atoms with Crippen LogP contribution >= 0.6 is 11.8 Å². The summed E-state index contributed by atoms with van der Waals surface area (Å²) in [6.45, 7) is 4.94. The molecular formula is C21H28N2O2S+2. The van der Waals surface area contributed by atoms with E-state index in [1.807, 2.05) is 11.8 Å². The van der Waals surface area contributed by atoms with Gasteiger partial charge in [-0.15, -0.1) is 0 Å². The van der Waals surface area contributed by atoms with Crippen molar-refractivity contribution in [3.05, 3.63) is 47.5 Å². The second kappa shape index (κ2) is 7.51. The first-order chi connectivity index (χ1) is 12.7. The van der Waals surface area contributed by atoms with Gasteiger partial charge in [0.15, 0.2) is 0 Å². The molecule has 0 spiro atoms. The highest BCUT2D eigenvalue weighted by Gasteiger charge is 2.34. The number of likely N-dealkylation sites (N-methyl/N-ethyl adjacent to an activating group) is 1. The fraction of sp³-hybridized carbons (Fsp3) is 0.429. The van der Waals surface area contributed by atoms with E-state index in [1.54, 1.807) is 24.0 Å². The Morgan fingerprint density at radius 1 is 0.885 bits per heavy atom. The zero-order valence-electron chi connectivity index (χ0n) is 15.8. The van der Waals surface area contributed by atoms with E-state index in [4.69, 9.17) is 9.47 Å². The lowest BCUT2D eigenvalue weighted by Crippen LogP contribution is -3.27. The number of benzene rings is 2. The summed E-state index contributed by atoms with van der Waals surface area (Å²) in [5.41, 5.74) is 2.86. The van der Waals surface area contributed by atoms with Crippen LogP contribution in [0.1, 0.15) is 17.2 Å². The van der Waals surface area contributed by atoms with Crippen molar-refractivity contribution in [1.29, 1.82) is 0 Å². The third kappa shape index (κ3) is 3.43. The minimum atomic E-state index is 0.482. The number of quaternary nitrogens is 2. The van der Waals surface area contributed by atoms with Gasteiger partial charge in [0.2, 0.25) is 0 Å². The number of hydrogen-bond donors (Lipinski definition) is 2. The van der Waals surface area contributed by atoms with E-state index in [0.29, 0.717) is 6.04 Å². The van der Waals surface area contributed by atoms with Crippen molar-refractivity contribution in [2.24, 2.45) is 0 Å². The predicted octanol–water partition coefficient (Wildman–Crippen LogP) is 0.865. The summed E-state index contributed by atoms with van der Waals surface area (Å²) in [5.74, 6) is 1.89. The number of rotatable bonds is 3. The molecule has 2 N–H and O–H groups in total. The quantitative estimate of drug-likeness (QED) is 0.837. The summed E-state index contributed by atoms with van der Waals surface area (Å²) in [5, 5.41) is 0. The molecule has 0 aromatic heterocycles. The van der Waals surface area contributed by atoms with Crippen LogP contribution in [-0.4, -0.2) is 47.4 Å². The molecule has 2 aromatic rings. The van der Waals surface area contributed by atoms with Crippen LogP contribution in [-0.2, 0) is 6.42 Å². The molecule has 0 amide bonds. The third-order valence-corrected chi connectivity index (χ3v) is 6.94. The molecule has 26 heavy (non-hydrogen) atoms. The lowest BCUT2D eigenvalue weighted by molar-refractivity contribution is -1.02. The summed E-state index contributed by atoms with van der Waals surface area (Å²) in [6.07, 6.45) is 1.07. The standard InChI is InChI=1S/C21H26N2O2S/c1-22-8-10-23(11-9-22)19-12-15-4-5-17(25-3)14-21(15)26-20-7-6-16(24-2)13-18(19)20/h4-7,13-14,19H,8-12H2,1-3H3/p+2/t19-/m1/s1. The normalized spacial score (nSPS) is 25.0. The lowest BCUT2D eigenvalue weighted by Gasteiger charge is -2.33. The Balaban J connectivity index is 1.76. The van der Waals surface area contributed by atoms with E-state index in [2.05, 4.69) is 43.4 Å². The number of hydrogen-bond acceptors (Lipinski definition) is 3. The van der Waals surface area contributed by atoms with E-state index in [1.165, 1.54) is 47.1 Å². The third-order valence-electron chi connectivity index (χ3n) is 5.75. The van der Waals surface area contributed by atoms with Crippen molar-refractivity contribution >= 4 is 11.8 Å². The van der Waals surface area contributed by atoms with Crippen LogP contribution < -0.4 is 19.3 Å². The van der Waals surface area contributed by atoms with E-state index >= 15 is 0 Å². The smallest absolute Gasteiger partial charge is 0.127 e. The molecular weight excluding hydrogens is 344 g/mol. The highest BCUT2D eigenvalue weighted by atomic mass is 32.2. The Morgan fingerprint density at radius 3 is 2.31 bits per heavy atom. The first-order valence-corrected chi connectivity index (χ1v) is 10.2. The molecule has 2 aliphatic heterocycles. The molecule has 0 unspecified atom stereocenters. The van der Waals surface area contributed by atoms with E-state index in [9.17, 15) is 0 Å². The average molecular weight is 373 g/mol. The summed E-state index contributed by atoms with van der Waals surface area (Å²) < 4.78 is 11.0. The summed E-state index contributed by atoms with van der Waals surface area (Å²) >= 11 is 1.87. The summed E-state index contributed by atoms with van der Waals surface area (Å²) in [7, 11) is 5.80. The predicted molar refractivity (Wildman–Crippen MR) is 104 cm³/mol. The van der Waals surface area contributed by atoms with Crippen LogP contribution in [0.4, 0.5) is 0 Å². The molecule has 1 atom stereocenters. The highest BCUT2D eigenvalue weighted by molar-refractivity contribution is 7.99. The maximum atomic E-state index is 5.54. The molecule has 1 fully saturated rings. The van der Waals surface area contributed by atoms with Gasteiger partial charge in [-0.3, -0.25) is 0 Å². The van der Waals surface area contributed by atoms with Gasteiger partial charge in [0.05, 0.1) is 21.3 Å². The van der Waals surface area contributed by atoms with Crippen molar-refractivity contribution in [2.45, 2.75) is 22.3 Å². The topological polar surface area (TPSA) is 27.3 Å². The van der Waals surface area contributed by atoms with E-state index in [0.717, 1.165) is 17.9 Å². The van der Waals surface area contributed by atoms with Crippen molar-refractivity contribution in [3.8, 4) is 11.5 Å². The molecule has 4 nitrogen and oxygen atoms in total. The van der Waals surface area contributed by atoms with Gasteiger partial charge in [0.1, 0.15) is 43.7 Å². The van der Waals surface area contributed by atoms with Gasteiger partial charge in [0, 0.05) is 21.8 Å². The Kier molecular flexibility index (Phi) is 5.11. The van der Waals surface area contributed by atoms with Gasteiger partial charge in [0.25, 0.3) is 0 Å². The van der Waals surface area contributed by atoms with Crippen molar-refractivity contribution in [1.82, 2.24) is 0 Å². The zero-order chi connectivity index (χ0) is 18.1. The summed E-state index contributed by atoms with van der Waals surface area (Å²) in [6, 6.07) is 13.6. The average Bonchev–Trinajstić information content (AvgIpc) is 2.84. The van der Waals surface area contributed by atoms with Gasteiger partial charge < -0.3 is 19.3 Å². The van der Waals surface area contributed by atoms with Crippen LogP contribution in [0.5, 0.6) is 11.5 Å². The number of piperazine rings is 1. The molecule has 0 radical (unpaired) electrons. The number of fused-ring (bicyclic) bond motifs is 2. The molecule has 5 heteroatoms. The fourth-order valence-electron chi connectivity index (χ4n) is 4.10. The van der Waals surface area contributed by atoms with Gasteiger partial charge in [-0.1, -0.05) is 17.8 Å². The Hall–Kier alpha value is -1.69. The zero-order valence-corrected chi connectivity index (χ0v) is 16.6. The molecule has 4 rings (SSSR count). The van der Waals surface area contributed by atoms with Crippen LogP contribution in [0.15, 0.2) is 46.2 Å². The van der Waals surface area contributed by atoms with Gasteiger partial charge in [-0.25, -0.2) is 0 Å². The molecule has 0 bridgehead atoms. The lowest BCUT2D eigenvalue weighted by atomic mass is 9.96. The van der Waals surface area contributed by atoms with E-state index in [-0.39, 0.29) is 0 Å². The maximum absolute atomic E-state index is 5.54. The van der Waals surface area contributed by atoms with Crippen molar-refractivity contribution in [3.63, 3.8) is 0 Å². The van der Waals surface area contributed by atoms with Crippen LogP contribution in [0, 0.1) is 0 Å². The molecule has 0 aliphatic carbocycles. The minimum absolute atomic E-state index is 0.482. The summed E-state index contributed by atoms with van der Waals surface area (Å²) in [4.78, 5) is 6.01. The molecule has 138 valence electrons. The van der Waals surface area contributed by atoms with Crippen LogP contribution in [0.2, 0.25) is 0 Å². The van der Waals surface area contributed by atoms with Crippen LogP contribution in [0.25, 0.3) is 0 Å². The molecule has 2 aromatic carbocycles. The van der Waals surface area contributed by atoms with Gasteiger partial charge in [-0.2, -0.15) is 0 Å². The number of nitrogens with one attached hydrogen (secondary N) is 2. The number of methoxy groups -OCH3 is 2. The minimum Gasteiger partial charge on any atom is -0.497 e. The van der Waals surface area contributed by atoms with Gasteiger partial charge >= 0.3 is 0 Å². The molecule has 2 aliphatic rings. The van der Waals surface area contributed by atoms with Crippen molar-refractivity contribution in [2.75, 3.05) is 47.4 Å². The largest absolute Gasteiger partial charge is 0.497 e. The molecule has 0 saturated carbocycles. The Labute approximate surface area is 160 Å². The molecule has 1 saturated heterocycles. The number of ether oxygens (including phenoxy) is 2. The van der Waals surface area contributed by atoms with Crippen LogP contribution in [0.3, 0.4) is 0 Å². The Morgan fingerprint density at radius 2 is 1.58 bits per heavy atom. The second-order valence-electron chi connectivity index (χ2n) is 7.35. The Bertz CT molecular complexity index is 788. The SMILES string of the molecule is COc1ccc2c(c1)Sc1ccc(OC)cc1[C@H]([NH+]1CC[NH+](C)CC1)C2. The fourth-order valence-corrected chi connectivity index (χ4v) is 5.25. The maximum Gasteiger partial charge on any atom is 0.127 e. The first-order valence-electron chi connectivity index (χ1n) is 9.36. The van der Waals surface area contributed by atoms with E-state index < -0.39 is 0 Å². The van der Waals surface area contributed by atoms with Gasteiger partial charge in [-0.05, 0) is 35.9 Å². The second-order valence-corrected chi connectivity index (χ2v) is 8.44. The van der Waals surface area contributed by atoms with Crippen molar-refractivity contribution < 1.29 is 19.3 Å². The first kappa shape index (κ1) is 17.7. The monoisotopic (exact) mass is 372 g/mol. The highest BCUT2D eigenvalue weighted by Crippen LogP contribution is 2.42.